The monoisotopic (exact) mass is 311 g/mol. The fraction of sp³-hybridized carbons (Fsp3) is 0.500. The zero-order chi connectivity index (χ0) is 16.1. The Hall–Kier alpha value is -2.01. The predicted molar refractivity (Wildman–Crippen MR) is 93.3 cm³/mol. The lowest BCUT2D eigenvalue weighted by Gasteiger charge is -2.29. The van der Waals surface area contributed by atoms with Crippen molar-refractivity contribution in [2.45, 2.75) is 26.2 Å². The Labute approximate surface area is 138 Å². The molecule has 5 heteroatoms. The highest BCUT2D eigenvalue weighted by atomic mass is 15.1. The summed E-state index contributed by atoms with van der Waals surface area (Å²) in [7, 11) is 2.21. The van der Waals surface area contributed by atoms with Gasteiger partial charge in [-0.2, -0.15) is 0 Å². The Morgan fingerprint density at radius 3 is 2.96 bits per heavy atom. The summed E-state index contributed by atoms with van der Waals surface area (Å²) in [6, 6.07) is 7.86. The number of aryl methyl sites for hydroxylation is 1. The fourth-order valence-electron chi connectivity index (χ4n) is 3.22. The van der Waals surface area contributed by atoms with Crippen molar-refractivity contribution in [1.29, 1.82) is 0 Å². The molecule has 0 spiro atoms. The van der Waals surface area contributed by atoms with Crippen molar-refractivity contribution in [1.82, 2.24) is 19.9 Å². The van der Waals surface area contributed by atoms with Crippen molar-refractivity contribution in [2.24, 2.45) is 5.92 Å². The van der Waals surface area contributed by atoms with Crippen LogP contribution in [0.5, 0.6) is 0 Å². The minimum absolute atomic E-state index is 0.771. The molecule has 0 aliphatic carbocycles. The van der Waals surface area contributed by atoms with Crippen molar-refractivity contribution < 1.29 is 0 Å². The van der Waals surface area contributed by atoms with E-state index in [-0.39, 0.29) is 0 Å². The molecule has 0 radical (unpaired) electrons. The Balaban J connectivity index is 1.61. The Bertz CT molecular complexity index is 629. The molecule has 2 aromatic heterocycles. The number of nitrogens with one attached hydrogen (secondary N) is 1. The van der Waals surface area contributed by atoms with E-state index in [1.165, 1.54) is 32.4 Å². The number of piperidine rings is 1. The SMILES string of the molecule is Cc1nc(NCCC2CCCN(C)C2)cc(-c2ccccn2)n1. The summed E-state index contributed by atoms with van der Waals surface area (Å²) in [5, 5.41) is 3.46. The van der Waals surface area contributed by atoms with E-state index in [4.69, 9.17) is 0 Å². The Morgan fingerprint density at radius 2 is 2.17 bits per heavy atom. The molecule has 1 atom stereocenters. The Kier molecular flexibility index (Phi) is 5.18. The number of nitrogens with zero attached hydrogens (tertiary/aromatic N) is 4. The summed E-state index contributed by atoms with van der Waals surface area (Å²) in [5.74, 6) is 2.45. The smallest absolute Gasteiger partial charge is 0.130 e. The number of pyridine rings is 1. The van der Waals surface area contributed by atoms with Crippen molar-refractivity contribution in [3.63, 3.8) is 0 Å². The quantitative estimate of drug-likeness (QED) is 0.920. The summed E-state index contributed by atoms with van der Waals surface area (Å²) in [6.07, 6.45) is 5.64. The molecule has 0 bridgehead atoms. The van der Waals surface area contributed by atoms with Crippen LogP contribution in [0, 0.1) is 12.8 Å². The van der Waals surface area contributed by atoms with Crippen LogP contribution in [0.2, 0.25) is 0 Å². The first-order chi connectivity index (χ1) is 11.2. The lowest BCUT2D eigenvalue weighted by molar-refractivity contribution is 0.205. The molecule has 2 aromatic rings. The topological polar surface area (TPSA) is 53.9 Å². The van der Waals surface area contributed by atoms with Gasteiger partial charge in [0, 0.05) is 25.4 Å². The van der Waals surface area contributed by atoms with E-state index in [9.17, 15) is 0 Å². The number of likely N-dealkylation sites (tertiary alicyclic amines) is 1. The number of rotatable bonds is 5. The standard InChI is InChI=1S/C18H25N5/c1-14-21-17(16-7-3-4-9-19-16)12-18(22-14)20-10-8-15-6-5-11-23(2)13-15/h3-4,7,9,12,15H,5-6,8,10-11,13H2,1-2H3,(H,20,21,22). The molecule has 1 saturated heterocycles. The molecule has 1 fully saturated rings. The first-order valence-electron chi connectivity index (χ1n) is 8.40. The van der Waals surface area contributed by atoms with Crippen molar-refractivity contribution >= 4 is 5.82 Å². The first-order valence-corrected chi connectivity index (χ1v) is 8.40. The van der Waals surface area contributed by atoms with E-state index in [1.807, 2.05) is 31.2 Å². The van der Waals surface area contributed by atoms with Crippen LogP contribution >= 0.6 is 0 Å². The molecule has 0 saturated carbocycles. The van der Waals surface area contributed by atoms with Gasteiger partial charge in [0.2, 0.25) is 0 Å². The third kappa shape index (κ3) is 4.48. The van der Waals surface area contributed by atoms with Crippen molar-refractivity contribution in [3.05, 3.63) is 36.3 Å². The third-order valence-electron chi connectivity index (χ3n) is 4.35. The van der Waals surface area contributed by atoms with Crippen LogP contribution in [0.1, 0.15) is 25.1 Å². The van der Waals surface area contributed by atoms with Gasteiger partial charge in [-0.15, -0.1) is 0 Å². The molecular weight excluding hydrogens is 286 g/mol. The predicted octanol–water partition coefficient (Wildman–Crippen LogP) is 2.99. The highest BCUT2D eigenvalue weighted by molar-refractivity contribution is 5.58. The van der Waals surface area contributed by atoms with Gasteiger partial charge in [-0.1, -0.05) is 6.07 Å². The second kappa shape index (κ2) is 7.51. The molecular formula is C18H25N5. The van der Waals surface area contributed by atoms with E-state index in [0.29, 0.717) is 0 Å². The van der Waals surface area contributed by atoms with Gasteiger partial charge < -0.3 is 10.2 Å². The zero-order valence-corrected chi connectivity index (χ0v) is 14.0. The first kappa shape index (κ1) is 15.9. The van der Waals surface area contributed by atoms with E-state index >= 15 is 0 Å². The van der Waals surface area contributed by atoms with Crippen LogP contribution in [0.15, 0.2) is 30.5 Å². The average molecular weight is 311 g/mol. The summed E-state index contributed by atoms with van der Waals surface area (Å²) in [5.41, 5.74) is 1.76. The molecule has 0 aromatic carbocycles. The molecule has 0 amide bonds. The van der Waals surface area contributed by atoms with E-state index in [0.717, 1.165) is 35.5 Å². The number of aromatic nitrogens is 3. The lowest BCUT2D eigenvalue weighted by Crippen LogP contribution is -2.32. The molecule has 3 heterocycles. The molecule has 1 aliphatic heterocycles. The number of hydrogen-bond donors (Lipinski definition) is 1. The van der Waals surface area contributed by atoms with Crippen LogP contribution in [0.3, 0.4) is 0 Å². The lowest BCUT2D eigenvalue weighted by atomic mass is 9.95. The van der Waals surface area contributed by atoms with Gasteiger partial charge in [0.25, 0.3) is 0 Å². The van der Waals surface area contributed by atoms with Gasteiger partial charge in [-0.05, 0) is 57.8 Å². The van der Waals surface area contributed by atoms with Crippen LogP contribution < -0.4 is 5.32 Å². The van der Waals surface area contributed by atoms with Gasteiger partial charge in [-0.25, -0.2) is 9.97 Å². The third-order valence-corrected chi connectivity index (χ3v) is 4.35. The number of anilines is 1. The molecule has 1 unspecified atom stereocenters. The highest BCUT2D eigenvalue weighted by Crippen LogP contribution is 2.20. The van der Waals surface area contributed by atoms with Crippen molar-refractivity contribution in [3.8, 4) is 11.4 Å². The molecule has 1 aliphatic rings. The normalized spacial score (nSPS) is 18.8. The molecule has 122 valence electrons. The van der Waals surface area contributed by atoms with E-state index < -0.39 is 0 Å². The van der Waals surface area contributed by atoms with Gasteiger partial charge in [0.1, 0.15) is 11.6 Å². The molecule has 3 rings (SSSR count). The van der Waals surface area contributed by atoms with Crippen LogP contribution in [0.4, 0.5) is 5.82 Å². The largest absolute Gasteiger partial charge is 0.370 e. The maximum atomic E-state index is 4.50. The van der Waals surface area contributed by atoms with Gasteiger partial charge in [-0.3, -0.25) is 4.98 Å². The minimum atomic E-state index is 0.771. The fourth-order valence-corrected chi connectivity index (χ4v) is 3.22. The summed E-state index contributed by atoms with van der Waals surface area (Å²) >= 11 is 0. The van der Waals surface area contributed by atoms with Crippen molar-refractivity contribution in [2.75, 3.05) is 32.0 Å². The average Bonchev–Trinajstić information content (AvgIpc) is 2.55. The van der Waals surface area contributed by atoms with Gasteiger partial charge in [0.15, 0.2) is 0 Å². The summed E-state index contributed by atoms with van der Waals surface area (Å²) in [6.45, 7) is 5.33. The summed E-state index contributed by atoms with van der Waals surface area (Å²) < 4.78 is 0. The molecule has 23 heavy (non-hydrogen) atoms. The minimum Gasteiger partial charge on any atom is -0.370 e. The zero-order valence-electron chi connectivity index (χ0n) is 14.0. The van der Waals surface area contributed by atoms with Gasteiger partial charge >= 0.3 is 0 Å². The maximum Gasteiger partial charge on any atom is 0.130 e. The van der Waals surface area contributed by atoms with E-state index in [2.05, 4.69) is 32.2 Å². The maximum absolute atomic E-state index is 4.50. The van der Waals surface area contributed by atoms with Crippen LogP contribution in [0.25, 0.3) is 11.4 Å². The van der Waals surface area contributed by atoms with E-state index in [1.54, 1.807) is 6.20 Å². The molecule has 5 nitrogen and oxygen atoms in total. The number of hydrogen-bond acceptors (Lipinski definition) is 5. The highest BCUT2D eigenvalue weighted by Gasteiger charge is 2.16. The second-order valence-corrected chi connectivity index (χ2v) is 6.39. The van der Waals surface area contributed by atoms with Crippen LogP contribution in [-0.2, 0) is 0 Å². The second-order valence-electron chi connectivity index (χ2n) is 6.39. The van der Waals surface area contributed by atoms with Gasteiger partial charge in [0.05, 0.1) is 11.4 Å². The molecule has 1 N–H and O–H groups in total. The van der Waals surface area contributed by atoms with Crippen LogP contribution in [-0.4, -0.2) is 46.5 Å². The summed E-state index contributed by atoms with van der Waals surface area (Å²) in [4.78, 5) is 15.8. The Morgan fingerprint density at radius 1 is 1.26 bits per heavy atom.